The first-order chi connectivity index (χ1) is 8.70. The van der Waals surface area contributed by atoms with Crippen molar-refractivity contribution in [3.63, 3.8) is 0 Å². The molecule has 1 aromatic heterocycles. The Kier molecular flexibility index (Phi) is 2.69. The van der Waals surface area contributed by atoms with E-state index in [0.717, 1.165) is 31.0 Å². The van der Waals surface area contributed by atoms with Crippen LogP contribution in [0.1, 0.15) is 25.5 Å². The molecular formula is C13H18N4O. The molecule has 2 aliphatic rings. The smallest absolute Gasteiger partial charge is 0.225 e. The lowest BCUT2D eigenvalue weighted by Crippen LogP contribution is -2.37. The van der Waals surface area contributed by atoms with Gasteiger partial charge in [0.15, 0.2) is 5.82 Å². The van der Waals surface area contributed by atoms with E-state index in [4.69, 9.17) is 0 Å². The summed E-state index contributed by atoms with van der Waals surface area (Å²) in [6.07, 6.45) is 1.66. The summed E-state index contributed by atoms with van der Waals surface area (Å²) in [4.78, 5) is 16.2. The molecule has 1 amide bonds. The van der Waals surface area contributed by atoms with Gasteiger partial charge in [-0.05, 0) is 32.4 Å². The first-order valence-corrected chi connectivity index (χ1v) is 6.57. The van der Waals surface area contributed by atoms with Gasteiger partial charge in [-0.1, -0.05) is 0 Å². The predicted molar refractivity (Wildman–Crippen MR) is 68.3 cm³/mol. The molecule has 2 saturated heterocycles. The van der Waals surface area contributed by atoms with E-state index in [9.17, 15) is 4.79 Å². The second-order valence-corrected chi connectivity index (χ2v) is 5.03. The molecule has 5 nitrogen and oxygen atoms in total. The molecule has 96 valence electrons. The molecule has 0 unspecified atom stereocenters. The van der Waals surface area contributed by atoms with E-state index >= 15 is 0 Å². The molecule has 5 heteroatoms. The minimum atomic E-state index is 0.275. The van der Waals surface area contributed by atoms with Gasteiger partial charge in [-0.3, -0.25) is 4.79 Å². The van der Waals surface area contributed by atoms with Crippen LogP contribution in [0.3, 0.4) is 0 Å². The monoisotopic (exact) mass is 246 g/mol. The van der Waals surface area contributed by atoms with Gasteiger partial charge in [0.25, 0.3) is 0 Å². The molecule has 0 bridgehead atoms. The zero-order valence-corrected chi connectivity index (χ0v) is 10.8. The largest absolute Gasteiger partial charge is 0.349 e. The number of carbonyl (C=O) groups excluding carboxylic acids is 1. The third-order valence-corrected chi connectivity index (χ3v) is 4.03. The fraction of sp³-hybridized carbons (Fsp3) is 0.615. The zero-order valence-electron chi connectivity index (χ0n) is 10.8. The molecule has 0 saturated carbocycles. The maximum Gasteiger partial charge on any atom is 0.225 e. The van der Waals surface area contributed by atoms with Crippen molar-refractivity contribution < 1.29 is 4.79 Å². The highest BCUT2D eigenvalue weighted by molar-refractivity contribution is 5.81. The summed E-state index contributed by atoms with van der Waals surface area (Å²) in [6, 6.07) is 4.63. The number of aromatic nitrogens is 2. The topological polar surface area (TPSA) is 49.3 Å². The Labute approximate surface area is 107 Å². The molecule has 2 fully saturated rings. The van der Waals surface area contributed by atoms with E-state index in [1.54, 1.807) is 0 Å². The van der Waals surface area contributed by atoms with Gasteiger partial charge in [0, 0.05) is 19.5 Å². The summed E-state index contributed by atoms with van der Waals surface area (Å²) in [5.74, 6) is 1.18. The van der Waals surface area contributed by atoms with Gasteiger partial charge in [0.05, 0.1) is 17.8 Å². The van der Waals surface area contributed by atoms with Crippen LogP contribution in [0.4, 0.5) is 5.82 Å². The number of fused-ring (bicyclic) bond motifs is 1. The summed E-state index contributed by atoms with van der Waals surface area (Å²) in [5.41, 5.74) is 0.923. The SMILES string of the molecule is CCN1C(=O)C[C@H]2[C@@H]1CCN2c1ccc(C)nn1. The quantitative estimate of drug-likeness (QED) is 0.780. The highest BCUT2D eigenvalue weighted by Crippen LogP contribution is 2.34. The van der Waals surface area contributed by atoms with E-state index < -0.39 is 0 Å². The normalized spacial score (nSPS) is 26.9. The van der Waals surface area contributed by atoms with Gasteiger partial charge in [-0.15, -0.1) is 5.10 Å². The van der Waals surface area contributed by atoms with Crippen molar-refractivity contribution in [2.75, 3.05) is 18.0 Å². The number of nitrogens with zero attached hydrogens (tertiary/aromatic N) is 4. The number of amides is 1. The first kappa shape index (κ1) is 11.4. The van der Waals surface area contributed by atoms with E-state index in [-0.39, 0.29) is 11.9 Å². The highest BCUT2D eigenvalue weighted by atomic mass is 16.2. The van der Waals surface area contributed by atoms with Crippen LogP contribution in [-0.4, -0.2) is 46.2 Å². The number of carbonyl (C=O) groups is 1. The van der Waals surface area contributed by atoms with Crippen LogP contribution in [-0.2, 0) is 4.79 Å². The van der Waals surface area contributed by atoms with Crippen LogP contribution in [0.25, 0.3) is 0 Å². The van der Waals surface area contributed by atoms with Gasteiger partial charge in [-0.25, -0.2) is 0 Å². The lowest BCUT2D eigenvalue weighted by molar-refractivity contribution is -0.128. The minimum absolute atomic E-state index is 0.275. The van der Waals surface area contributed by atoms with Crippen LogP contribution in [0, 0.1) is 6.92 Å². The Balaban J connectivity index is 1.84. The number of hydrogen-bond acceptors (Lipinski definition) is 4. The van der Waals surface area contributed by atoms with Crippen LogP contribution >= 0.6 is 0 Å². The lowest BCUT2D eigenvalue weighted by Gasteiger charge is -2.24. The molecule has 0 aliphatic carbocycles. The van der Waals surface area contributed by atoms with E-state index in [2.05, 4.69) is 22.0 Å². The Morgan fingerprint density at radius 1 is 1.33 bits per heavy atom. The molecule has 3 rings (SSSR count). The van der Waals surface area contributed by atoms with Crippen molar-refractivity contribution in [2.45, 2.75) is 38.8 Å². The molecule has 0 aromatic carbocycles. The average Bonchev–Trinajstić information content (AvgIpc) is 2.88. The van der Waals surface area contributed by atoms with Crippen LogP contribution < -0.4 is 4.90 Å². The lowest BCUT2D eigenvalue weighted by atomic mass is 10.1. The standard InChI is InChI=1S/C13H18N4O/c1-3-16-10-6-7-17(11(10)8-13(16)18)12-5-4-9(2)14-15-12/h4-5,10-11H,3,6-8H2,1-2H3/t10-,11-/m0/s1. The van der Waals surface area contributed by atoms with E-state index in [1.165, 1.54) is 0 Å². The van der Waals surface area contributed by atoms with Crippen molar-refractivity contribution in [2.24, 2.45) is 0 Å². The third-order valence-electron chi connectivity index (χ3n) is 4.03. The summed E-state index contributed by atoms with van der Waals surface area (Å²) in [5, 5.41) is 8.35. The Hall–Kier alpha value is -1.65. The molecule has 0 spiro atoms. The molecule has 0 radical (unpaired) electrons. The fourth-order valence-corrected chi connectivity index (χ4v) is 3.17. The molecule has 3 heterocycles. The minimum Gasteiger partial charge on any atom is -0.349 e. The fourth-order valence-electron chi connectivity index (χ4n) is 3.17. The van der Waals surface area contributed by atoms with Gasteiger partial charge in [0.1, 0.15) is 0 Å². The molecule has 2 aliphatic heterocycles. The van der Waals surface area contributed by atoms with Crippen LogP contribution in [0.2, 0.25) is 0 Å². The van der Waals surface area contributed by atoms with Crippen LogP contribution in [0.5, 0.6) is 0 Å². The summed E-state index contributed by atoms with van der Waals surface area (Å²) >= 11 is 0. The Bertz CT molecular complexity index is 459. The second kappa shape index (κ2) is 4.23. The Morgan fingerprint density at radius 2 is 2.17 bits per heavy atom. The molecular weight excluding hydrogens is 228 g/mol. The maximum atomic E-state index is 11.9. The summed E-state index contributed by atoms with van der Waals surface area (Å²) in [7, 11) is 0. The molecule has 0 N–H and O–H groups in total. The van der Waals surface area contributed by atoms with Crippen molar-refractivity contribution in [3.05, 3.63) is 17.8 Å². The van der Waals surface area contributed by atoms with Crippen molar-refractivity contribution in [1.29, 1.82) is 0 Å². The van der Waals surface area contributed by atoms with E-state index in [0.29, 0.717) is 12.5 Å². The Morgan fingerprint density at radius 3 is 2.83 bits per heavy atom. The van der Waals surface area contributed by atoms with Crippen LogP contribution in [0.15, 0.2) is 12.1 Å². The molecule has 2 atom stereocenters. The van der Waals surface area contributed by atoms with E-state index in [1.807, 2.05) is 24.0 Å². The highest BCUT2D eigenvalue weighted by Gasteiger charge is 2.46. The average molecular weight is 246 g/mol. The van der Waals surface area contributed by atoms with Crippen molar-refractivity contribution >= 4 is 11.7 Å². The predicted octanol–water partition coefficient (Wildman–Crippen LogP) is 0.985. The zero-order chi connectivity index (χ0) is 12.7. The van der Waals surface area contributed by atoms with Crippen molar-refractivity contribution in [1.82, 2.24) is 15.1 Å². The third kappa shape index (κ3) is 1.65. The summed E-state index contributed by atoms with van der Waals surface area (Å²) in [6.45, 7) is 5.76. The molecule has 18 heavy (non-hydrogen) atoms. The van der Waals surface area contributed by atoms with Gasteiger partial charge in [0.2, 0.25) is 5.91 Å². The maximum absolute atomic E-state index is 11.9. The number of likely N-dealkylation sites (N-methyl/N-ethyl adjacent to an activating group) is 1. The second-order valence-electron chi connectivity index (χ2n) is 5.03. The van der Waals surface area contributed by atoms with Gasteiger partial charge >= 0.3 is 0 Å². The number of hydrogen-bond donors (Lipinski definition) is 0. The molecule has 1 aromatic rings. The first-order valence-electron chi connectivity index (χ1n) is 6.57. The number of aryl methyl sites for hydroxylation is 1. The number of likely N-dealkylation sites (tertiary alicyclic amines) is 1. The number of anilines is 1. The summed E-state index contributed by atoms with van der Waals surface area (Å²) < 4.78 is 0. The van der Waals surface area contributed by atoms with Gasteiger partial charge in [-0.2, -0.15) is 5.10 Å². The number of rotatable bonds is 2. The van der Waals surface area contributed by atoms with Gasteiger partial charge < -0.3 is 9.80 Å². The van der Waals surface area contributed by atoms with Crippen molar-refractivity contribution in [3.8, 4) is 0 Å².